The fourth-order valence-corrected chi connectivity index (χ4v) is 9.09. The van der Waals surface area contributed by atoms with E-state index in [-0.39, 0.29) is 45.6 Å². The SMILES string of the molecule is CC(=O)OC1CCC2(C)C3=C(CCC2C1(C)C)C1(C)CCC(C(C)C(=O)O)C1(C)CC3. The van der Waals surface area contributed by atoms with E-state index in [1.807, 2.05) is 6.92 Å². The van der Waals surface area contributed by atoms with Gasteiger partial charge in [-0.05, 0) is 79.4 Å². The molecular weight excluding hydrogens is 388 g/mol. The predicted molar refractivity (Wildman–Crippen MR) is 121 cm³/mol. The van der Waals surface area contributed by atoms with Gasteiger partial charge in [-0.1, -0.05) is 52.7 Å². The molecule has 0 aliphatic heterocycles. The third kappa shape index (κ3) is 2.99. The molecule has 0 heterocycles. The third-order valence-electron chi connectivity index (χ3n) is 11.1. The molecule has 31 heavy (non-hydrogen) atoms. The van der Waals surface area contributed by atoms with Gasteiger partial charge in [0, 0.05) is 12.3 Å². The van der Waals surface area contributed by atoms with Crippen molar-refractivity contribution in [3.8, 4) is 0 Å². The fraction of sp³-hybridized carbons (Fsp3) is 0.852. The molecule has 0 saturated heterocycles. The summed E-state index contributed by atoms with van der Waals surface area (Å²) in [4.78, 5) is 23.6. The maximum atomic E-state index is 11.9. The standard InChI is InChI=1S/C27H42O4/c1-16(23(29)30)18-10-14-27(7)20-8-9-21-24(3,4)22(31-17(2)28)12-13-25(21,5)19(20)11-15-26(18,27)6/h16,18,21-22H,8-15H2,1-7H3,(H,29,30). The van der Waals surface area contributed by atoms with Crippen LogP contribution >= 0.6 is 0 Å². The van der Waals surface area contributed by atoms with Gasteiger partial charge in [0.1, 0.15) is 6.10 Å². The van der Waals surface area contributed by atoms with Crippen LogP contribution in [0.25, 0.3) is 0 Å². The van der Waals surface area contributed by atoms with Crippen LogP contribution in [-0.4, -0.2) is 23.1 Å². The normalized spacial score (nSPS) is 44.7. The average molecular weight is 431 g/mol. The van der Waals surface area contributed by atoms with Crippen LogP contribution in [0, 0.1) is 39.4 Å². The number of ether oxygens (including phenoxy) is 1. The van der Waals surface area contributed by atoms with E-state index in [4.69, 9.17) is 4.74 Å². The summed E-state index contributed by atoms with van der Waals surface area (Å²) in [5, 5.41) is 9.76. The van der Waals surface area contributed by atoms with Gasteiger partial charge in [0.2, 0.25) is 0 Å². The second-order valence-corrected chi connectivity index (χ2v) is 12.4. The topological polar surface area (TPSA) is 63.6 Å². The summed E-state index contributed by atoms with van der Waals surface area (Å²) in [6.07, 6.45) is 8.62. The first-order chi connectivity index (χ1) is 14.3. The summed E-state index contributed by atoms with van der Waals surface area (Å²) in [5.74, 6) is -0.316. The van der Waals surface area contributed by atoms with E-state index in [2.05, 4.69) is 34.6 Å². The number of carboxylic acids is 1. The van der Waals surface area contributed by atoms with E-state index in [9.17, 15) is 14.7 Å². The first-order valence-electron chi connectivity index (χ1n) is 12.4. The maximum absolute atomic E-state index is 11.9. The van der Waals surface area contributed by atoms with Gasteiger partial charge in [0.25, 0.3) is 0 Å². The molecule has 1 N–H and O–H groups in total. The maximum Gasteiger partial charge on any atom is 0.306 e. The first-order valence-corrected chi connectivity index (χ1v) is 12.4. The molecule has 4 rings (SSSR count). The van der Waals surface area contributed by atoms with Gasteiger partial charge in [0.05, 0.1) is 5.92 Å². The lowest BCUT2D eigenvalue weighted by molar-refractivity contribution is -0.167. The monoisotopic (exact) mass is 430 g/mol. The molecule has 174 valence electrons. The minimum absolute atomic E-state index is 0.00180. The van der Waals surface area contributed by atoms with Crippen LogP contribution in [0.15, 0.2) is 11.1 Å². The molecule has 2 fully saturated rings. The molecule has 4 aliphatic carbocycles. The largest absolute Gasteiger partial charge is 0.481 e. The third-order valence-corrected chi connectivity index (χ3v) is 11.1. The van der Waals surface area contributed by atoms with Crippen molar-refractivity contribution < 1.29 is 19.4 Å². The summed E-state index contributed by atoms with van der Waals surface area (Å²) < 4.78 is 5.79. The van der Waals surface area contributed by atoms with E-state index in [1.165, 1.54) is 6.92 Å². The molecule has 0 aromatic carbocycles. The Labute approximate surface area is 188 Å². The number of carboxylic acid groups (broad SMARTS) is 1. The summed E-state index contributed by atoms with van der Waals surface area (Å²) in [6, 6.07) is 0. The zero-order valence-corrected chi connectivity index (χ0v) is 20.6. The number of carbonyl (C=O) groups excluding carboxylic acids is 1. The van der Waals surface area contributed by atoms with E-state index in [0.717, 1.165) is 51.4 Å². The van der Waals surface area contributed by atoms with E-state index >= 15 is 0 Å². The number of aliphatic carboxylic acids is 1. The highest BCUT2D eigenvalue weighted by molar-refractivity contribution is 5.70. The zero-order chi connectivity index (χ0) is 23.0. The molecule has 4 nitrogen and oxygen atoms in total. The smallest absolute Gasteiger partial charge is 0.306 e. The van der Waals surface area contributed by atoms with Crippen LogP contribution in [0.1, 0.15) is 99.8 Å². The van der Waals surface area contributed by atoms with E-state index in [1.54, 1.807) is 11.1 Å². The highest BCUT2D eigenvalue weighted by Crippen LogP contribution is 2.72. The number of carbonyl (C=O) groups is 2. The van der Waals surface area contributed by atoms with E-state index in [0.29, 0.717) is 5.92 Å². The van der Waals surface area contributed by atoms with Crippen molar-refractivity contribution in [2.45, 2.75) is 106 Å². The van der Waals surface area contributed by atoms with Crippen LogP contribution in [0.2, 0.25) is 0 Å². The predicted octanol–water partition coefficient (Wildman–Crippen LogP) is 6.39. The Hall–Kier alpha value is -1.32. The lowest BCUT2D eigenvalue weighted by Crippen LogP contribution is -2.55. The lowest BCUT2D eigenvalue weighted by atomic mass is 9.43. The van der Waals surface area contributed by atoms with Gasteiger partial charge < -0.3 is 9.84 Å². The molecule has 0 amide bonds. The fourth-order valence-electron chi connectivity index (χ4n) is 9.09. The van der Waals surface area contributed by atoms with Crippen molar-refractivity contribution in [2.24, 2.45) is 39.4 Å². The molecule has 2 saturated carbocycles. The van der Waals surface area contributed by atoms with Crippen molar-refractivity contribution >= 4 is 11.9 Å². The van der Waals surface area contributed by atoms with Crippen molar-refractivity contribution in [1.29, 1.82) is 0 Å². The second-order valence-electron chi connectivity index (χ2n) is 12.4. The Morgan fingerprint density at radius 1 is 0.968 bits per heavy atom. The Morgan fingerprint density at radius 3 is 2.26 bits per heavy atom. The van der Waals surface area contributed by atoms with Crippen LogP contribution < -0.4 is 0 Å². The van der Waals surface area contributed by atoms with Gasteiger partial charge in [-0.2, -0.15) is 0 Å². The van der Waals surface area contributed by atoms with Gasteiger partial charge in [0.15, 0.2) is 0 Å². The molecule has 0 radical (unpaired) electrons. The molecule has 4 aliphatic rings. The Kier molecular flexibility index (Phi) is 5.23. The minimum Gasteiger partial charge on any atom is -0.481 e. The van der Waals surface area contributed by atoms with Crippen molar-refractivity contribution in [2.75, 3.05) is 0 Å². The molecule has 0 aromatic rings. The molecule has 4 heteroatoms. The van der Waals surface area contributed by atoms with Crippen LogP contribution in [0.4, 0.5) is 0 Å². The van der Waals surface area contributed by atoms with Gasteiger partial charge in [-0.25, -0.2) is 0 Å². The summed E-state index contributed by atoms with van der Waals surface area (Å²) in [6.45, 7) is 15.4. The molecule has 0 bridgehead atoms. The molecule has 0 aromatic heterocycles. The Balaban J connectivity index is 1.72. The second kappa shape index (κ2) is 7.09. The number of hydrogen-bond donors (Lipinski definition) is 1. The number of esters is 1. The van der Waals surface area contributed by atoms with Crippen molar-refractivity contribution in [3.05, 3.63) is 11.1 Å². The minimum atomic E-state index is -0.642. The quantitative estimate of drug-likeness (QED) is 0.416. The van der Waals surface area contributed by atoms with Gasteiger partial charge in [-0.3, -0.25) is 9.59 Å². The van der Waals surface area contributed by atoms with Crippen LogP contribution in [-0.2, 0) is 14.3 Å². The highest BCUT2D eigenvalue weighted by atomic mass is 16.5. The molecule has 0 spiro atoms. The molecular formula is C27H42O4. The van der Waals surface area contributed by atoms with Gasteiger partial charge >= 0.3 is 11.9 Å². The lowest BCUT2D eigenvalue weighted by Gasteiger charge is -2.62. The van der Waals surface area contributed by atoms with E-state index < -0.39 is 5.97 Å². The van der Waals surface area contributed by atoms with Crippen LogP contribution in [0.5, 0.6) is 0 Å². The Morgan fingerprint density at radius 2 is 1.65 bits per heavy atom. The van der Waals surface area contributed by atoms with Crippen LogP contribution in [0.3, 0.4) is 0 Å². The number of rotatable bonds is 3. The summed E-state index contributed by atoms with van der Waals surface area (Å²) >= 11 is 0. The Bertz CT molecular complexity index is 825. The summed E-state index contributed by atoms with van der Waals surface area (Å²) in [7, 11) is 0. The number of allylic oxidation sites excluding steroid dienone is 2. The number of fused-ring (bicyclic) bond motifs is 4. The number of hydrogen-bond acceptors (Lipinski definition) is 3. The molecule has 7 atom stereocenters. The average Bonchev–Trinajstić information content (AvgIpc) is 2.95. The molecule has 7 unspecified atom stereocenters. The van der Waals surface area contributed by atoms with Crippen molar-refractivity contribution in [3.63, 3.8) is 0 Å². The zero-order valence-electron chi connectivity index (χ0n) is 20.6. The van der Waals surface area contributed by atoms with Crippen molar-refractivity contribution in [1.82, 2.24) is 0 Å². The first kappa shape index (κ1) is 22.9. The highest BCUT2D eigenvalue weighted by Gasteiger charge is 2.64. The van der Waals surface area contributed by atoms with Gasteiger partial charge in [-0.15, -0.1) is 0 Å². The summed E-state index contributed by atoms with van der Waals surface area (Å²) in [5.41, 5.74) is 3.66.